The molecule has 0 unspecified atom stereocenters. The van der Waals surface area contributed by atoms with Gasteiger partial charge in [0.25, 0.3) is 11.5 Å². The Kier molecular flexibility index (Phi) is 3.65. The van der Waals surface area contributed by atoms with E-state index in [2.05, 4.69) is 15.4 Å². The Morgan fingerprint density at radius 2 is 2.00 bits per heavy atom. The van der Waals surface area contributed by atoms with E-state index in [4.69, 9.17) is 0 Å². The summed E-state index contributed by atoms with van der Waals surface area (Å²) in [7, 11) is 1.53. The van der Waals surface area contributed by atoms with Crippen LogP contribution in [0.4, 0.5) is 5.82 Å². The number of pyridine rings is 1. The maximum absolute atomic E-state index is 12.3. The van der Waals surface area contributed by atoms with E-state index in [0.717, 1.165) is 5.56 Å². The zero-order valence-electron chi connectivity index (χ0n) is 11.9. The standard InChI is InChI=1S/C14H16N4O2/c1-8-6-5-7-15-12(8)16-13(19)11-9(2)10(3)17-18(4)14(11)20/h5-7H,1-4H3,(H,15,16,19). The fourth-order valence-corrected chi connectivity index (χ4v) is 1.90. The van der Waals surface area contributed by atoms with Crippen LogP contribution < -0.4 is 10.9 Å². The molecule has 0 saturated heterocycles. The maximum Gasteiger partial charge on any atom is 0.279 e. The number of carbonyl (C=O) groups is 1. The Bertz CT molecular complexity index is 734. The minimum Gasteiger partial charge on any atom is -0.306 e. The number of nitrogens with zero attached hydrogens (tertiary/aromatic N) is 3. The number of hydrogen-bond acceptors (Lipinski definition) is 4. The average molecular weight is 272 g/mol. The number of hydrogen-bond donors (Lipinski definition) is 1. The monoisotopic (exact) mass is 272 g/mol. The van der Waals surface area contributed by atoms with Crippen LogP contribution in [0.1, 0.15) is 27.2 Å². The topological polar surface area (TPSA) is 76.9 Å². The van der Waals surface area contributed by atoms with Crippen molar-refractivity contribution in [3.05, 3.63) is 51.1 Å². The first kappa shape index (κ1) is 13.9. The van der Waals surface area contributed by atoms with Crippen LogP contribution >= 0.6 is 0 Å². The molecule has 20 heavy (non-hydrogen) atoms. The molecule has 1 N–H and O–H groups in total. The van der Waals surface area contributed by atoms with Gasteiger partial charge in [-0.1, -0.05) is 6.07 Å². The minimum absolute atomic E-state index is 0.102. The second-order valence-electron chi connectivity index (χ2n) is 4.64. The zero-order chi connectivity index (χ0) is 14.9. The molecule has 2 aromatic rings. The smallest absolute Gasteiger partial charge is 0.279 e. The van der Waals surface area contributed by atoms with E-state index in [0.29, 0.717) is 17.1 Å². The Hall–Kier alpha value is -2.50. The van der Waals surface area contributed by atoms with E-state index in [-0.39, 0.29) is 5.56 Å². The number of aromatic nitrogens is 3. The SMILES string of the molecule is Cc1cccnc1NC(=O)c1c(C)c(C)nn(C)c1=O. The second kappa shape index (κ2) is 5.24. The van der Waals surface area contributed by atoms with Gasteiger partial charge in [-0.3, -0.25) is 9.59 Å². The quantitative estimate of drug-likeness (QED) is 0.895. The van der Waals surface area contributed by atoms with Crippen molar-refractivity contribution in [1.29, 1.82) is 0 Å². The van der Waals surface area contributed by atoms with Crippen molar-refractivity contribution in [3.63, 3.8) is 0 Å². The third-order valence-corrected chi connectivity index (χ3v) is 3.19. The molecule has 2 rings (SSSR count). The highest BCUT2D eigenvalue weighted by molar-refractivity contribution is 6.04. The van der Waals surface area contributed by atoms with Crippen LogP contribution in [-0.2, 0) is 7.05 Å². The van der Waals surface area contributed by atoms with Crippen molar-refractivity contribution in [1.82, 2.24) is 14.8 Å². The molecule has 0 atom stereocenters. The zero-order valence-corrected chi connectivity index (χ0v) is 11.9. The third-order valence-electron chi connectivity index (χ3n) is 3.19. The highest BCUT2D eigenvalue weighted by Gasteiger charge is 2.18. The van der Waals surface area contributed by atoms with Gasteiger partial charge < -0.3 is 5.32 Å². The Morgan fingerprint density at radius 3 is 2.65 bits per heavy atom. The van der Waals surface area contributed by atoms with E-state index in [9.17, 15) is 9.59 Å². The van der Waals surface area contributed by atoms with Gasteiger partial charge in [-0.05, 0) is 38.0 Å². The van der Waals surface area contributed by atoms with Gasteiger partial charge in [-0.15, -0.1) is 0 Å². The highest BCUT2D eigenvalue weighted by atomic mass is 16.2. The van der Waals surface area contributed by atoms with Gasteiger partial charge in [0.05, 0.1) is 5.69 Å². The van der Waals surface area contributed by atoms with Crippen LogP contribution in [0.5, 0.6) is 0 Å². The molecule has 0 saturated carbocycles. The van der Waals surface area contributed by atoms with Crippen molar-refractivity contribution in [2.75, 3.05) is 5.32 Å². The number of anilines is 1. The average Bonchev–Trinajstić information content (AvgIpc) is 2.39. The molecule has 104 valence electrons. The lowest BCUT2D eigenvalue weighted by Crippen LogP contribution is -2.31. The van der Waals surface area contributed by atoms with E-state index < -0.39 is 11.5 Å². The van der Waals surface area contributed by atoms with Gasteiger partial charge >= 0.3 is 0 Å². The molecule has 0 aliphatic carbocycles. The van der Waals surface area contributed by atoms with E-state index in [1.54, 1.807) is 26.1 Å². The molecule has 0 aromatic carbocycles. The van der Waals surface area contributed by atoms with Crippen LogP contribution in [0.2, 0.25) is 0 Å². The van der Waals surface area contributed by atoms with Gasteiger partial charge in [0, 0.05) is 13.2 Å². The molecule has 6 heteroatoms. The summed E-state index contributed by atoms with van der Waals surface area (Å²) in [4.78, 5) is 28.5. The van der Waals surface area contributed by atoms with Gasteiger partial charge in [-0.25, -0.2) is 9.67 Å². The summed E-state index contributed by atoms with van der Waals surface area (Å²) in [6, 6.07) is 3.62. The van der Waals surface area contributed by atoms with Gasteiger partial charge in [0.2, 0.25) is 0 Å². The molecular formula is C14H16N4O2. The molecule has 0 aliphatic rings. The number of rotatable bonds is 2. The summed E-state index contributed by atoms with van der Waals surface area (Å²) < 4.78 is 1.17. The van der Waals surface area contributed by atoms with Gasteiger partial charge in [0.15, 0.2) is 0 Å². The van der Waals surface area contributed by atoms with Crippen molar-refractivity contribution in [3.8, 4) is 0 Å². The number of carbonyl (C=O) groups excluding carboxylic acids is 1. The summed E-state index contributed by atoms with van der Waals surface area (Å²) in [5, 5.41) is 6.72. The van der Waals surface area contributed by atoms with Crippen LogP contribution in [0.25, 0.3) is 0 Å². The first-order valence-corrected chi connectivity index (χ1v) is 6.19. The Balaban J connectivity index is 2.45. The predicted molar refractivity (Wildman–Crippen MR) is 75.9 cm³/mol. The minimum atomic E-state index is -0.463. The third kappa shape index (κ3) is 2.45. The van der Waals surface area contributed by atoms with Crippen LogP contribution in [0.15, 0.2) is 23.1 Å². The van der Waals surface area contributed by atoms with Crippen LogP contribution in [0.3, 0.4) is 0 Å². The summed E-state index contributed by atoms with van der Waals surface area (Å²) in [5.41, 5.74) is 1.75. The molecule has 0 fully saturated rings. The van der Waals surface area contributed by atoms with E-state index >= 15 is 0 Å². The highest BCUT2D eigenvalue weighted by Crippen LogP contribution is 2.12. The summed E-state index contributed by atoms with van der Waals surface area (Å²) >= 11 is 0. The number of nitrogens with one attached hydrogen (secondary N) is 1. The van der Waals surface area contributed by atoms with Crippen LogP contribution in [-0.4, -0.2) is 20.7 Å². The fourth-order valence-electron chi connectivity index (χ4n) is 1.90. The lowest BCUT2D eigenvalue weighted by molar-refractivity contribution is 0.102. The predicted octanol–water partition coefficient (Wildman–Crippen LogP) is 1.35. The molecule has 6 nitrogen and oxygen atoms in total. The molecular weight excluding hydrogens is 256 g/mol. The second-order valence-corrected chi connectivity index (χ2v) is 4.64. The normalized spacial score (nSPS) is 10.4. The summed E-state index contributed by atoms with van der Waals surface area (Å²) in [5.74, 6) is -0.0104. The van der Waals surface area contributed by atoms with Crippen molar-refractivity contribution in [2.45, 2.75) is 20.8 Å². The first-order valence-electron chi connectivity index (χ1n) is 6.19. The first-order chi connectivity index (χ1) is 9.41. The Morgan fingerprint density at radius 1 is 1.30 bits per heavy atom. The molecule has 2 aromatic heterocycles. The van der Waals surface area contributed by atoms with Crippen LogP contribution in [0, 0.1) is 20.8 Å². The molecule has 0 spiro atoms. The number of aryl methyl sites for hydroxylation is 3. The lowest BCUT2D eigenvalue weighted by Gasteiger charge is -2.10. The summed E-state index contributed by atoms with van der Waals surface area (Å²) in [6.45, 7) is 5.31. The van der Waals surface area contributed by atoms with Crippen molar-refractivity contribution in [2.24, 2.45) is 7.05 Å². The largest absolute Gasteiger partial charge is 0.306 e. The van der Waals surface area contributed by atoms with E-state index in [1.807, 2.05) is 13.0 Å². The van der Waals surface area contributed by atoms with Crippen molar-refractivity contribution >= 4 is 11.7 Å². The number of amides is 1. The van der Waals surface area contributed by atoms with Gasteiger partial charge in [0.1, 0.15) is 11.4 Å². The fraction of sp³-hybridized carbons (Fsp3) is 0.286. The van der Waals surface area contributed by atoms with Gasteiger partial charge in [-0.2, -0.15) is 5.10 Å². The lowest BCUT2D eigenvalue weighted by atomic mass is 10.1. The molecule has 0 radical (unpaired) electrons. The Labute approximate surface area is 116 Å². The molecule has 1 amide bonds. The van der Waals surface area contributed by atoms with E-state index in [1.165, 1.54) is 11.7 Å². The van der Waals surface area contributed by atoms with Crippen molar-refractivity contribution < 1.29 is 4.79 Å². The summed E-state index contributed by atoms with van der Waals surface area (Å²) in [6.07, 6.45) is 1.59. The molecule has 0 aliphatic heterocycles. The molecule has 0 bridgehead atoms. The molecule has 2 heterocycles. The maximum atomic E-state index is 12.3.